The summed E-state index contributed by atoms with van der Waals surface area (Å²) in [6, 6.07) is 5.91. The van der Waals surface area contributed by atoms with Gasteiger partial charge in [0, 0.05) is 44.5 Å². The zero-order chi connectivity index (χ0) is 19.5. The number of hydrogen-bond donors (Lipinski definition) is 0. The molecule has 0 N–H and O–H groups in total. The minimum absolute atomic E-state index is 0.000762. The normalized spacial score (nSPS) is 14.9. The minimum Gasteiger partial charge on any atom is -0.437 e. The van der Waals surface area contributed by atoms with Crippen LogP contribution in [0.15, 0.2) is 49.1 Å². The average molecular weight is 381 g/mol. The fourth-order valence-corrected chi connectivity index (χ4v) is 3.35. The fourth-order valence-electron chi connectivity index (χ4n) is 3.35. The lowest BCUT2D eigenvalue weighted by atomic mass is 9.93. The predicted octanol–water partition coefficient (Wildman–Crippen LogP) is 3.16. The van der Waals surface area contributed by atoms with Crippen molar-refractivity contribution >= 4 is 5.91 Å². The number of rotatable bonds is 4. The van der Waals surface area contributed by atoms with E-state index in [1.165, 1.54) is 18.3 Å². The van der Waals surface area contributed by atoms with Gasteiger partial charge in [0.1, 0.15) is 11.6 Å². The van der Waals surface area contributed by atoms with Crippen LogP contribution in [0.5, 0.6) is 11.6 Å². The molecule has 1 aromatic carbocycles. The van der Waals surface area contributed by atoms with E-state index < -0.39 is 0 Å². The van der Waals surface area contributed by atoms with E-state index in [1.807, 2.05) is 4.90 Å². The smallest absolute Gasteiger partial charge is 0.257 e. The molecule has 1 fully saturated rings. The van der Waals surface area contributed by atoms with Gasteiger partial charge in [-0.15, -0.1) is 0 Å². The van der Waals surface area contributed by atoms with Crippen LogP contribution < -0.4 is 4.74 Å². The highest BCUT2D eigenvalue weighted by Crippen LogP contribution is 2.29. The maximum Gasteiger partial charge on any atom is 0.257 e. The Hall–Kier alpha value is -3.29. The van der Waals surface area contributed by atoms with Crippen molar-refractivity contribution in [3.63, 3.8) is 0 Å². The van der Waals surface area contributed by atoms with Gasteiger partial charge in [0.25, 0.3) is 5.91 Å². The SMILES string of the molecule is Cn1cc(C(=O)N2CCC(c3cncc(Oc4cccc(F)c4)n3)CC2)cn1. The molecule has 2 aromatic heterocycles. The number of ether oxygens (including phenoxy) is 1. The summed E-state index contributed by atoms with van der Waals surface area (Å²) in [7, 11) is 1.79. The quantitative estimate of drug-likeness (QED) is 0.694. The van der Waals surface area contributed by atoms with Crippen LogP contribution in [0, 0.1) is 5.82 Å². The number of nitrogens with zero attached hydrogens (tertiary/aromatic N) is 5. The number of benzene rings is 1. The predicted molar refractivity (Wildman–Crippen MR) is 99.6 cm³/mol. The van der Waals surface area contributed by atoms with Crippen LogP contribution >= 0.6 is 0 Å². The molecular weight excluding hydrogens is 361 g/mol. The summed E-state index contributed by atoms with van der Waals surface area (Å²) in [5, 5.41) is 4.06. The van der Waals surface area contributed by atoms with Crippen molar-refractivity contribution < 1.29 is 13.9 Å². The molecular formula is C20H20FN5O2. The number of aromatic nitrogens is 4. The molecule has 1 aliphatic rings. The molecule has 0 bridgehead atoms. The summed E-state index contributed by atoms with van der Waals surface area (Å²) in [5.41, 5.74) is 1.42. The van der Waals surface area contributed by atoms with Crippen molar-refractivity contribution in [3.05, 3.63) is 66.1 Å². The maximum absolute atomic E-state index is 13.3. The third kappa shape index (κ3) is 4.00. The van der Waals surface area contributed by atoms with Gasteiger partial charge in [-0.25, -0.2) is 9.37 Å². The van der Waals surface area contributed by atoms with Crippen LogP contribution in [0.1, 0.15) is 34.8 Å². The Bertz CT molecular complexity index is 982. The molecule has 0 saturated carbocycles. The van der Waals surface area contributed by atoms with Gasteiger partial charge in [-0.05, 0) is 25.0 Å². The first-order valence-corrected chi connectivity index (χ1v) is 9.12. The fraction of sp³-hybridized carbons (Fsp3) is 0.300. The lowest BCUT2D eigenvalue weighted by Crippen LogP contribution is -2.38. The van der Waals surface area contributed by atoms with Crippen LogP contribution in [0.25, 0.3) is 0 Å². The lowest BCUT2D eigenvalue weighted by molar-refractivity contribution is 0.0711. The topological polar surface area (TPSA) is 73.1 Å². The van der Waals surface area contributed by atoms with Gasteiger partial charge in [0.15, 0.2) is 0 Å². The van der Waals surface area contributed by atoms with Crippen molar-refractivity contribution in [1.29, 1.82) is 0 Å². The van der Waals surface area contributed by atoms with Crippen molar-refractivity contribution in [2.24, 2.45) is 7.05 Å². The third-order valence-electron chi connectivity index (χ3n) is 4.80. The van der Waals surface area contributed by atoms with E-state index >= 15 is 0 Å². The van der Waals surface area contributed by atoms with E-state index in [4.69, 9.17) is 4.74 Å². The Balaban J connectivity index is 1.40. The molecule has 1 saturated heterocycles. The van der Waals surface area contributed by atoms with E-state index in [1.54, 1.807) is 42.5 Å². The summed E-state index contributed by atoms with van der Waals surface area (Å²) < 4.78 is 20.6. The Kier molecular flexibility index (Phi) is 5.01. The largest absolute Gasteiger partial charge is 0.437 e. The number of piperidine rings is 1. The highest BCUT2D eigenvalue weighted by Gasteiger charge is 2.26. The van der Waals surface area contributed by atoms with Crippen LogP contribution in [0.3, 0.4) is 0 Å². The van der Waals surface area contributed by atoms with E-state index in [2.05, 4.69) is 15.1 Å². The highest BCUT2D eigenvalue weighted by molar-refractivity contribution is 5.93. The molecule has 144 valence electrons. The average Bonchev–Trinajstić information content (AvgIpc) is 3.14. The van der Waals surface area contributed by atoms with Crippen LogP contribution in [0.4, 0.5) is 4.39 Å². The first-order valence-electron chi connectivity index (χ1n) is 9.12. The maximum atomic E-state index is 13.3. The molecule has 7 nitrogen and oxygen atoms in total. The summed E-state index contributed by atoms with van der Waals surface area (Å²) in [4.78, 5) is 23.1. The zero-order valence-electron chi connectivity index (χ0n) is 15.5. The van der Waals surface area contributed by atoms with Crippen LogP contribution in [-0.4, -0.2) is 43.6 Å². The van der Waals surface area contributed by atoms with Gasteiger partial charge < -0.3 is 9.64 Å². The van der Waals surface area contributed by atoms with Crippen molar-refractivity contribution in [2.75, 3.05) is 13.1 Å². The molecule has 0 unspecified atom stereocenters. The molecule has 3 aromatic rings. The van der Waals surface area contributed by atoms with Gasteiger partial charge in [0.05, 0.1) is 23.7 Å². The van der Waals surface area contributed by atoms with Crippen molar-refractivity contribution in [3.8, 4) is 11.6 Å². The van der Waals surface area contributed by atoms with Gasteiger partial charge >= 0.3 is 0 Å². The number of amides is 1. The molecule has 0 radical (unpaired) electrons. The molecule has 0 aliphatic carbocycles. The molecule has 4 rings (SSSR count). The molecule has 1 aliphatic heterocycles. The van der Waals surface area contributed by atoms with Crippen molar-refractivity contribution in [2.45, 2.75) is 18.8 Å². The number of aryl methyl sites for hydroxylation is 1. The Morgan fingerprint density at radius 1 is 1.21 bits per heavy atom. The second kappa shape index (κ2) is 7.75. The minimum atomic E-state index is -0.368. The third-order valence-corrected chi connectivity index (χ3v) is 4.80. The van der Waals surface area contributed by atoms with E-state index in [9.17, 15) is 9.18 Å². The zero-order valence-corrected chi connectivity index (χ0v) is 15.5. The molecule has 28 heavy (non-hydrogen) atoms. The Morgan fingerprint density at radius 3 is 2.75 bits per heavy atom. The summed E-state index contributed by atoms with van der Waals surface area (Å²) >= 11 is 0. The molecule has 1 amide bonds. The second-order valence-corrected chi connectivity index (χ2v) is 6.81. The first kappa shape index (κ1) is 18.1. The number of hydrogen-bond acceptors (Lipinski definition) is 5. The Labute approximate surface area is 161 Å². The van der Waals surface area contributed by atoms with E-state index in [0.29, 0.717) is 30.3 Å². The van der Waals surface area contributed by atoms with Gasteiger partial charge in [-0.3, -0.25) is 14.5 Å². The molecule has 3 heterocycles. The van der Waals surface area contributed by atoms with Crippen molar-refractivity contribution in [1.82, 2.24) is 24.6 Å². The number of halogens is 1. The standard InChI is InChI=1S/C20H20FN5O2/c1-25-13-15(10-23-25)20(27)26-7-5-14(6-8-26)18-11-22-12-19(24-18)28-17-4-2-3-16(21)9-17/h2-4,9-14H,5-8H2,1H3. The molecule has 0 spiro atoms. The number of carbonyl (C=O) groups excluding carboxylic acids is 1. The number of carbonyl (C=O) groups is 1. The van der Waals surface area contributed by atoms with Gasteiger partial charge in [-0.2, -0.15) is 5.10 Å². The molecule has 8 heteroatoms. The first-order chi connectivity index (χ1) is 13.6. The summed E-state index contributed by atoms with van der Waals surface area (Å²) in [6.45, 7) is 1.30. The summed E-state index contributed by atoms with van der Waals surface area (Å²) in [5.74, 6) is 0.537. The monoisotopic (exact) mass is 381 g/mol. The highest BCUT2D eigenvalue weighted by atomic mass is 19.1. The van der Waals surface area contributed by atoms with E-state index in [-0.39, 0.29) is 17.6 Å². The Morgan fingerprint density at radius 2 is 2.04 bits per heavy atom. The number of likely N-dealkylation sites (tertiary alicyclic amines) is 1. The van der Waals surface area contributed by atoms with Crippen LogP contribution in [-0.2, 0) is 7.05 Å². The van der Waals surface area contributed by atoms with Crippen LogP contribution in [0.2, 0.25) is 0 Å². The summed E-state index contributed by atoms with van der Waals surface area (Å²) in [6.07, 6.45) is 8.14. The van der Waals surface area contributed by atoms with Gasteiger partial charge in [-0.1, -0.05) is 6.07 Å². The van der Waals surface area contributed by atoms with E-state index in [0.717, 1.165) is 18.5 Å². The lowest BCUT2D eigenvalue weighted by Gasteiger charge is -2.31. The van der Waals surface area contributed by atoms with Gasteiger partial charge in [0.2, 0.25) is 5.88 Å². The molecule has 0 atom stereocenters. The second-order valence-electron chi connectivity index (χ2n) is 6.81.